The Bertz CT molecular complexity index is 844. The summed E-state index contributed by atoms with van der Waals surface area (Å²) in [7, 11) is 1.66. The lowest BCUT2D eigenvalue weighted by molar-refractivity contribution is 0.190. The molecule has 0 aliphatic carbocycles. The van der Waals surface area contributed by atoms with Gasteiger partial charge in [-0.25, -0.2) is 15.0 Å². The van der Waals surface area contributed by atoms with Crippen LogP contribution in [0.2, 0.25) is 0 Å². The fraction of sp³-hybridized carbons (Fsp3) is 0.250. The molecule has 7 nitrogen and oxygen atoms in total. The van der Waals surface area contributed by atoms with Crippen LogP contribution < -0.4 is 16.0 Å². The van der Waals surface area contributed by atoms with E-state index in [9.17, 15) is 0 Å². The van der Waals surface area contributed by atoms with Crippen molar-refractivity contribution in [1.29, 1.82) is 0 Å². The molecule has 0 amide bonds. The van der Waals surface area contributed by atoms with E-state index in [0.29, 0.717) is 30.5 Å². The van der Waals surface area contributed by atoms with Crippen LogP contribution in [-0.2, 0) is 11.3 Å². The number of nitrogens with two attached hydrogens (primary N) is 1. The van der Waals surface area contributed by atoms with Crippen LogP contribution in [0.15, 0.2) is 61.1 Å². The average Bonchev–Trinajstić information content (AvgIpc) is 2.70. The average molecular weight is 364 g/mol. The Labute approximate surface area is 159 Å². The van der Waals surface area contributed by atoms with Crippen LogP contribution in [-0.4, -0.2) is 34.7 Å². The van der Waals surface area contributed by atoms with Crippen LogP contribution in [0.3, 0.4) is 0 Å². The standard InChI is InChI=1S/C20H24N6O/c1-15(13-27-2)25-19-18(21)20(24-14-23-19)26(17-10-6-7-11-22-17)12-16-8-4-3-5-9-16/h3-11,14-15H,12-13,21H2,1-2H3,(H,23,24,25). The first-order valence-electron chi connectivity index (χ1n) is 8.77. The van der Waals surface area contributed by atoms with Gasteiger partial charge in [-0.2, -0.15) is 0 Å². The highest BCUT2D eigenvalue weighted by molar-refractivity contribution is 5.78. The van der Waals surface area contributed by atoms with Crippen LogP contribution >= 0.6 is 0 Å². The van der Waals surface area contributed by atoms with Gasteiger partial charge < -0.3 is 20.7 Å². The molecule has 3 N–H and O–H groups in total. The molecule has 0 aliphatic heterocycles. The van der Waals surface area contributed by atoms with Gasteiger partial charge in [-0.1, -0.05) is 36.4 Å². The van der Waals surface area contributed by atoms with Crippen molar-refractivity contribution in [1.82, 2.24) is 15.0 Å². The number of nitrogens with zero attached hydrogens (tertiary/aromatic N) is 4. The van der Waals surface area contributed by atoms with Gasteiger partial charge >= 0.3 is 0 Å². The summed E-state index contributed by atoms with van der Waals surface area (Å²) in [5.41, 5.74) is 8.02. The molecule has 0 fully saturated rings. The lowest BCUT2D eigenvalue weighted by Crippen LogP contribution is -2.24. The van der Waals surface area contributed by atoms with Crippen molar-refractivity contribution in [3.05, 3.63) is 66.6 Å². The van der Waals surface area contributed by atoms with Crippen molar-refractivity contribution >= 4 is 23.1 Å². The van der Waals surface area contributed by atoms with E-state index < -0.39 is 0 Å². The predicted octanol–water partition coefficient (Wildman–Crippen LogP) is 3.24. The summed E-state index contributed by atoms with van der Waals surface area (Å²) in [6.07, 6.45) is 3.26. The van der Waals surface area contributed by atoms with E-state index in [1.807, 2.05) is 48.2 Å². The van der Waals surface area contributed by atoms with E-state index in [-0.39, 0.29) is 6.04 Å². The number of methoxy groups -OCH3 is 1. The molecule has 27 heavy (non-hydrogen) atoms. The van der Waals surface area contributed by atoms with Crippen LogP contribution in [0.1, 0.15) is 12.5 Å². The third-order valence-electron chi connectivity index (χ3n) is 4.03. The fourth-order valence-corrected chi connectivity index (χ4v) is 2.79. The summed E-state index contributed by atoms with van der Waals surface area (Å²) in [4.78, 5) is 15.2. The molecule has 0 spiro atoms. The SMILES string of the molecule is COCC(C)Nc1ncnc(N(Cc2ccccc2)c2ccccn2)c1N. The molecule has 140 valence electrons. The second-order valence-corrected chi connectivity index (χ2v) is 6.22. The number of anilines is 4. The van der Waals surface area contributed by atoms with Gasteiger partial charge in [-0.3, -0.25) is 0 Å². The number of rotatable bonds is 8. The summed E-state index contributed by atoms with van der Waals surface area (Å²) < 4.78 is 5.17. The first kappa shape index (κ1) is 18.6. The predicted molar refractivity (Wildman–Crippen MR) is 108 cm³/mol. The number of aromatic nitrogens is 3. The Kier molecular flexibility index (Phi) is 6.17. The quantitative estimate of drug-likeness (QED) is 0.634. The number of ether oxygens (including phenoxy) is 1. The molecule has 1 unspecified atom stereocenters. The number of pyridine rings is 1. The zero-order chi connectivity index (χ0) is 19.1. The van der Waals surface area contributed by atoms with E-state index >= 15 is 0 Å². The molecule has 0 saturated carbocycles. The minimum atomic E-state index is 0.0671. The summed E-state index contributed by atoms with van der Waals surface area (Å²) in [5.74, 6) is 1.96. The van der Waals surface area contributed by atoms with E-state index in [1.165, 1.54) is 6.33 Å². The van der Waals surface area contributed by atoms with Crippen molar-refractivity contribution in [2.24, 2.45) is 0 Å². The Morgan fingerprint density at radius 2 is 1.85 bits per heavy atom. The second kappa shape index (κ2) is 8.95. The van der Waals surface area contributed by atoms with E-state index in [2.05, 4.69) is 32.4 Å². The molecule has 0 aliphatic rings. The summed E-state index contributed by atoms with van der Waals surface area (Å²) in [5, 5.41) is 3.27. The summed E-state index contributed by atoms with van der Waals surface area (Å²) in [6, 6.07) is 16.0. The van der Waals surface area contributed by atoms with Gasteiger partial charge in [0.2, 0.25) is 0 Å². The van der Waals surface area contributed by atoms with Gasteiger partial charge in [-0.05, 0) is 24.6 Å². The smallest absolute Gasteiger partial charge is 0.163 e. The summed E-state index contributed by atoms with van der Waals surface area (Å²) >= 11 is 0. The Morgan fingerprint density at radius 1 is 1.07 bits per heavy atom. The van der Waals surface area contributed by atoms with Crippen molar-refractivity contribution in [3.8, 4) is 0 Å². The second-order valence-electron chi connectivity index (χ2n) is 6.22. The van der Waals surface area contributed by atoms with Crippen LogP contribution in [0.25, 0.3) is 0 Å². The number of nitrogens with one attached hydrogen (secondary N) is 1. The summed E-state index contributed by atoms with van der Waals surface area (Å²) in [6.45, 7) is 3.14. The molecule has 0 bridgehead atoms. The maximum absolute atomic E-state index is 6.42. The lowest BCUT2D eigenvalue weighted by Gasteiger charge is -2.25. The van der Waals surface area contributed by atoms with Crippen LogP contribution in [0.4, 0.5) is 23.1 Å². The highest BCUT2D eigenvalue weighted by Gasteiger charge is 2.19. The fourth-order valence-electron chi connectivity index (χ4n) is 2.79. The highest BCUT2D eigenvalue weighted by atomic mass is 16.5. The number of benzene rings is 1. The Balaban J connectivity index is 1.97. The third-order valence-corrected chi connectivity index (χ3v) is 4.03. The molecule has 0 saturated heterocycles. The molecule has 2 aromatic heterocycles. The van der Waals surface area contributed by atoms with E-state index in [0.717, 1.165) is 11.4 Å². The monoisotopic (exact) mass is 364 g/mol. The van der Waals surface area contributed by atoms with Gasteiger partial charge in [-0.15, -0.1) is 0 Å². The molecule has 1 atom stereocenters. The van der Waals surface area contributed by atoms with Gasteiger partial charge in [0.1, 0.15) is 17.8 Å². The van der Waals surface area contributed by atoms with Crippen molar-refractivity contribution in [2.75, 3.05) is 29.7 Å². The maximum Gasteiger partial charge on any atom is 0.163 e. The van der Waals surface area contributed by atoms with Gasteiger partial charge in [0.15, 0.2) is 11.6 Å². The topological polar surface area (TPSA) is 89.2 Å². The first-order valence-corrected chi connectivity index (χ1v) is 8.77. The minimum absolute atomic E-state index is 0.0671. The van der Waals surface area contributed by atoms with Gasteiger partial charge in [0.25, 0.3) is 0 Å². The Morgan fingerprint density at radius 3 is 2.56 bits per heavy atom. The molecular formula is C20H24N6O. The van der Waals surface area contributed by atoms with E-state index in [4.69, 9.17) is 10.5 Å². The van der Waals surface area contributed by atoms with Crippen LogP contribution in [0.5, 0.6) is 0 Å². The van der Waals surface area contributed by atoms with Crippen LogP contribution in [0, 0.1) is 0 Å². The van der Waals surface area contributed by atoms with Crippen molar-refractivity contribution in [3.63, 3.8) is 0 Å². The maximum atomic E-state index is 6.42. The number of hydrogen-bond donors (Lipinski definition) is 2. The minimum Gasteiger partial charge on any atom is -0.393 e. The molecule has 1 aromatic carbocycles. The normalized spacial score (nSPS) is 11.8. The zero-order valence-electron chi connectivity index (χ0n) is 15.5. The molecule has 3 rings (SSSR count). The number of hydrogen-bond acceptors (Lipinski definition) is 7. The van der Waals surface area contributed by atoms with Gasteiger partial charge in [0, 0.05) is 19.3 Å². The van der Waals surface area contributed by atoms with E-state index in [1.54, 1.807) is 13.3 Å². The largest absolute Gasteiger partial charge is 0.393 e. The van der Waals surface area contributed by atoms with Crippen molar-refractivity contribution in [2.45, 2.75) is 19.5 Å². The number of nitrogen functional groups attached to an aromatic ring is 1. The lowest BCUT2D eigenvalue weighted by atomic mass is 10.2. The van der Waals surface area contributed by atoms with Gasteiger partial charge in [0.05, 0.1) is 13.2 Å². The molecule has 7 heteroatoms. The molecule has 2 heterocycles. The van der Waals surface area contributed by atoms with Crippen molar-refractivity contribution < 1.29 is 4.74 Å². The molecule has 0 radical (unpaired) electrons. The molecule has 3 aromatic rings. The highest BCUT2D eigenvalue weighted by Crippen LogP contribution is 2.32. The molecular weight excluding hydrogens is 340 g/mol. The Hall–Kier alpha value is -3.19. The first-order chi connectivity index (χ1) is 13.2. The zero-order valence-corrected chi connectivity index (χ0v) is 15.5. The third kappa shape index (κ3) is 4.71.